The number of aryl methyl sites for hydroxylation is 1. The lowest BCUT2D eigenvalue weighted by Gasteiger charge is -2.22. The van der Waals surface area contributed by atoms with Gasteiger partial charge in [0, 0.05) is 12.8 Å². The number of halogens is 2. The zero-order valence-electron chi connectivity index (χ0n) is 15.7. The molecule has 0 aliphatic heterocycles. The average Bonchev–Trinajstić information content (AvgIpc) is 2.46. The second-order valence-electron chi connectivity index (χ2n) is 6.60. The molecule has 0 bridgehead atoms. The molecule has 0 radical (unpaired) electrons. The van der Waals surface area contributed by atoms with E-state index in [0.717, 1.165) is 5.56 Å². The van der Waals surface area contributed by atoms with E-state index in [-0.39, 0.29) is 42.4 Å². The SMILES string of the molecule is CCNC(=NCC(C)(C)S(C)(=O)=O)NC(C)c1ccc(C)c(F)c1.I. The maximum Gasteiger partial charge on any atom is 0.191 e. The Labute approximate surface area is 167 Å². The fourth-order valence-electron chi connectivity index (χ4n) is 1.87. The Balaban J connectivity index is 0.00000576. The highest BCUT2D eigenvalue weighted by atomic mass is 127. The van der Waals surface area contributed by atoms with E-state index >= 15 is 0 Å². The fourth-order valence-corrected chi connectivity index (χ4v) is 2.17. The van der Waals surface area contributed by atoms with E-state index in [1.165, 1.54) is 12.3 Å². The molecular weight excluding hydrogens is 456 g/mol. The van der Waals surface area contributed by atoms with Crippen LogP contribution in [0.5, 0.6) is 0 Å². The van der Waals surface area contributed by atoms with Crippen molar-refractivity contribution in [3.05, 3.63) is 35.1 Å². The Kier molecular flexibility index (Phi) is 9.35. The molecular formula is C17H29FIN3O2S. The summed E-state index contributed by atoms with van der Waals surface area (Å²) in [6.07, 6.45) is 1.21. The molecule has 0 spiro atoms. The maximum absolute atomic E-state index is 13.7. The molecule has 1 aromatic carbocycles. The summed E-state index contributed by atoms with van der Waals surface area (Å²) in [7, 11) is -3.22. The summed E-state index contributed by atoms with van der Waals surface area (Å²) in [5, 5.41) is 6.27. The van der Waals surface area contributed by atoms with Gasteiger partial charge in [-0.2, -0.15) is 0 Å². The van der Waals surface area contributed by atoms with E-state index in [9.17, 15) is 12.8 Å². The summed E-state index contributed by atoms with van der Waals surface area (Å²) in [6, 6.07) is 4.93. The molecule has 0 amide bonds. The van der Waals surface area contributed by atoms with Crippen LogP contribution in [0.1, 0.15) is 44.9 Å². The third-order valence-electron chi connectivity index (χ3n) is 4.02. The van der Waals surface area contributed by atoms with Crippen molar-refractivity contribution in [1.82, 2.24) is 10.6 Å². The lowest BCUT2D eigenvalue weighted by atomic mass is 10.1. The number of guanidine groups is 1. The van der Waals surface area contributed by atoms with E-state index < -0.39 is 14.6 Å². The van der Waals surface area contributed by atoms with E-state index in [4.69, 9.17) is 0 Å². The van der Waals surface area contributed by atoms with Crippen molar-refractivity contribution in [2.24, 2.45) is 4.99 Å². The molecule has 1 rings (SSSR count). The molecule has 0 aliphatic rings. The van der Waals surface area contributed by atoms with Crippen LogP contribution < -0.4 is 10.6 Å². The van der Waals surface area contributed by atoms with Gasteiger partial charge in [-0.1, -0.05) is 12.1 Å². The Morgan fingerprint density at radius 1 is 1.36 bits per heavy atom. The van der Waals surface area contributed by atoms with Crippen LogP contribution in [0, 0.1) is 12.7 Å². The minimum atomic E-state index is -3.22. The minimum Gasteiger partial charge on any atom is -0.357 e. The van der Waals surface area contributed by atoms with Gasteiger partial charge in [0.25, 0.3) is 0 Å². The predicted octanol–water partition coefficient (Wildman–Crippen LogP) is 3.19. The molecule has 1 atom stereocenters. The molecule has 0 saturated carbocycles. The first-order valence-electron chi connectivity index (χ1n) is 7.98. The van der Waals surface area contributed by atoms with Gasteiger partial charge in [-0.25, -0.2) is 12.8 Å². The van der Waals surface area contributed by atoms with Crippen molar-refractivity contribution in [3.8, 4) is 0 Å². The normalized spacial score (nSPS) is 13.8. The Morgan fingerprint density at radius 2 is 1.96 bits per heavy atom. The summed E-state index contributed by atoms with van der Waals surface area (Å²) in [4.78, 5) is 4.38. The second-order valence-corrected chi connectivity index (χ2v) is 9.25. The third kappa shape index (κ3) is 7.08. The minimum absolute atomic E-state index is 0. The highest BCUT2D eigenvalue weighted by Gasteiger charge is 2.30. The van der Waals surface area contributed by atoms with Crippen LogP contribution in [-0.2, 0) is 9.84 Å². The highest BCUT2D eigenvalue weighted by molar-refractivity contribution is 14.0. The van der Waals surface area contributed by atoms with Crippen LogP contribution in [0.2, 0.25) is 0 Å². The Morgan fingerprint density at radius 3 is 2.44 bits per heavy atom. The smallest absolute Gasteiger partial charge is 0.191 e. The molecule has 8 heteroatoms. The third-order valence-corrected chi connectivity index (χ3v) is 6.15. The molecule has 2 N–H and O–H groups in total. The van der Waals surface area contributed by atoms with Crippen molar-refractivity contribution in [3.63, 3.8) is 0 Å². The van der Waals surface area contributed by atoms with Crippen molar-refractivity contribution in [2.45, 2.75) is 45.4 Å². The van der Waals surface area contributed by atoms with Gasteiger partial charge in [0.1, 0.15) is 5.82 Å². The van der Waals surface area contributed by atoms with Gasteiger partial charge in [-0.3, -0.25) is 4.99 Å². The highest BCUT2D eigenvalue weighted by Crippen LogP contribution is 2.17. The first-order chi connectivity index (χ1) is 11.0. The molecule has 0 heterocycles. The van der Waals surface area contributed by atoms with Crippen LogP contribution in [0.25, 0.3) is 0 Å². The maximum atomic E-state index is 13.7. The molecule has 0 fully saturated rings. The topological polar surface area (TPSA) is 70.6 Å². The number of hydrogen-bond donors (Lipinski definition) is 2. The average molecular weight is 485 g/mol. The van der Waals surface area contributed by atoms with E-state index in [2.05, 4.69) is 15.6 Å². The summed E-state index contributed by atoms with van der Waals surface area (Å²) < 4.78 is 36.3. The van der Waals surface area contributed by atoms with Crippen LogP contribution in [0.3, 0.4) is 0 Å². The first-order valence-corrected chi connectivity index (χ1v) is 9.87. The summed E-state index contributed by atoms with van der Waals surface area (Å²) in [6.45, 7) is 9.61. The standard InChI is InChI=1S/C17H28FN3O2S.HI/c1-7-19-16(20-11-17(4,5)24(6,22)23)21-13(3)14-9-8-12(2)15(18)10-14;/h8-10,13H,7,11H2,1-6H3,(H2,19,20,21);1H. The summed E-state index contributed by atoms with van der Waals surface area (Å²) >= 11 is 0. The largest absolute Gasteiger partial charge is 0.357 e. The molecule has 144 valence electrons. The monoisotopic (exact) mass is 485 g/mol. The molecule has 0 aromatic heterocycles. The predicted molar refractivity (Wildman–Crippen MR) is 113 cm³/mol. The van der Waals surface area contributed by atoms with Crippen LogP contribution in [-0.4, -0.2) is 38.5 Å². The zero-order valence-corrected chi connectivity index (χ0v) is 18.8. The number of aliphatic imine (C=N–C) groups is 1. The van der Waals surface area contributed by atoms with Crippen molar-refractivity contribution in [2.75, 3.05) is 19.3 Å². The van der Waals surface area contributed by atoms with Gasteiger partial charge in [0.2, 0.25) is 0 Å². The lowest BCUT2D eigenvalue weighted by molar-refractivity contribution is 0.554. The molecule has 0 aliphatic carbocycles. The van der Waals surface area contributed by atoms with Gasteiger partial charge in [-0.15, -0.1) is 24.0 Å². The van der Waals surface area contributed by atoms with Crippen LogP contribution in [0.15, 0.2) is 23.2 Å². The molecule has 1 unspecified atom stereocenters. The molecule has 25 heavy (non-hydrogen) atoms. The number of sulfone groups is 1. The van der Waals surface area contributed by atoms with Gasteiger partial charge in [-0.05, 0) is 51.8 Å². The number of nitrogens with one attached hydrogen (secondary N) is 2. The van der Waals surface area contributed by atoms with Crippen LogP contribution >= 0.6 is 24.0 Å². The fraction of sp³-hybridized carbons (Fsp3) is 0.588. The number of hydrogen-bond acceptors (Lipinski definition) is 3. The molecule has 0 saturated heterocycles. The zero-order chi connectivity index (χ0) is 18.5. The van der Waals surface area contributed by atoms with Gasteiger partial charge < -0.3 is 10.6 Å². The summed E-state index contributed by atoms with van der Waals surface area (Å²) in [5.41, 5.74) is 1.40. The van der Waals surface area contributed by atoms with Gasteiger partial charge >= 0.3 is 0 Å². The first kappa shape index (κ1) is 24.1. The Hall–Kier alpha value is -0.900. The van der Waals surface area contributed by atoms with Gasteiger partial charge in [0.05, 0.1) is 17.3 Å². The number of nitrogens with zero attached hydrogens (tertiary/aromatic N) is 1. The number of rotatable bonds is 6. The van der Waals surface area contributed by atoms with E-state index in [0.29, 0.717) is 18.1 Å². The lowest BCUT2D eigenvalue weighted by Crippen LogP contribution is -2.41. The Bertz CT molecular complexity index is 706. The van der Waals surface area contributed by atoms with E-state index in [1.807, 2.05) is 19.9 Å². The molecule has 1 aromatic rings. The molecule has 5 nitrogen and oxygen atoms in total. The van der Waals surface area contributed by atoms with Crippen molar-refractivity contribution in [1.29, 1.82) is 0 Å². The van der Waals surface area contributed by atoms with E-state index in [1.54, 1.807) is 26.8 Å². The second kappa shape index (κ2) is 9.70. The summed E-state index contributed by atoms with van der Waals surface area (Å²) in [5.74, 6) is 0.254. The van der Waals surface area contributed by atoms with Crippen molar-refractivity contribution < 1.29 is 12.8 Å². The van der Waals surface area contributed by atoms with Crippen LogP contribution in [0.4, 0.5) is 4.39 Å². The number of benzene rings is 1. The quantitative estimate of drug-likeness (QED) is 0.369. The van der Waals surface area contributed by atoms with Crippen molar-refractivity contribution >= 4 is 39.8 Å². The van der Waals surface area contributed by atoms with Gasteiger partial charge in [0.15, 0.2) is 15.8 Å².